The fraction of sp³-hybridized carbons (Fsp3) is 0.864. The molecule has 0 aromatic rings. The van der Waals surface area contributed by atoms with E-state index in [4.69, 9.17) is 99.4 Å². The second-order valence-corrected chi connectivity index (χ2v) is 24.0. The fourth-order valence-electron chi connectivity index (χ4n) is 6.45. The highest BCUT2D eigenvalue weighted by Gasteiger charge is 2.37. The fourth-order valence-corrected chi connectivity index (χ4v) is 6.45. The summed E-state index contributed by atoms with van der Waals surface area (Å²) in [4.78, 5) is 129. The Balaban J connectivity index is -0.000000170. The van der Waals surface area contributed by atoms with Crippen molar-refractivity contribution < 1.29 is 196 Å². The van der Waals surface area contributed by atoms with Crippen molar-refractivity contribution in [1.29, 1.82) is 0 Å². The highest BCUT2D eigenvalue weighted by molar-refractivity contribution is 5.77. The van der Waals surface area contributed by atoms with Gasteiger partial charge in [0.05, 0.1) is 128 Å². The molecule has 6 unspecified atom stereocenters. The van der Waals surface area contributed by atoms with Crippen LogP contribution in [0.4, 0.5) is 0 Å². The van der Waals surface area contributed by atoms with Crippen LogP contribution in [0.15, 0.2) is 0 Å². The van der Waals surface area contributed by atoms with Crippen LogP contribution >= 0.6 is 0 Å². The number of hydrogen-bond acceptors (Lipinski definition) is 40. The maximum absolute atomic E-state index is 11.2. The van der Waals surface area contributed by atoms with Gasteiger partial charge in [-0.2, -0.15) is 47.3 Å². The second kappa shape index (κ2) is 80.4. The molecule has 40 heteroatoms. The molecule has 0 aliphatic carbocycles. The molecule has 0 aromatic carbocycles. The molecule has 9 N–H and O–H groups in total. The Labute approximate surface area is 622 Å². The molecule has 0 saturated carbocycles. The van der Waals surface area contributed by atoms with Gasteiger partial charge >= 0.3 is 53.7 Å². The van der Waals surface area contributed by atoms with E-state index in [2.05, 4.69) is 60.4 Å². The van der Waals surface area contributed by atoms with Gasteiger partial charge in [-0.25, -0.2) is 43.2 Å². The van der Waals surface area contributed by atoms with E-state index in [-0.39, 0.29) is 90.8 Å². The zero-order chi connectivity index (χ0) is 83.5. The lowest BCUT2D eigenvalue weighted by atomic mass is 9.93. The Morgan fingerprint density at radius 2 is 0.755 bits per heavy atom. The van der Waals surface area contributed by atoms with E-state index in [0.717, 1.165) is 19.3 Å². The van der Waals surface area contributed by atoms with Crippen LogP contribution in [0.5, 0.6) is 0 Å². The molecule has 1 saturated heterocycles. The molecule has 1 heterocycles. The lowest BCUT2D eigenvalue weighted by Crippen LogP contribution is -2.38. The number of carbonyl (C=O) groups excluding carboxylic acids is 9. The summed E-state index contributed by atoms with van der Waals surface area (Å²) in [5.74, 6) is -8.72. The Morgan fingerprint density at radius 3 is 1.05 bits per heavy atom. The van der Waals surface area contributed by atoms with E-state index in [1.165, 1.54) is 28.4 Å². The first-order valence-electron chi connectivity index (χ1n) is 34.0. The number of carbonyl (C=O) groups is 9. The summed E-state index contributed by atoms with van der Waals surface area (Å²) in [6.45, 7) is 37.6. The highest BCUT2D eigenvalue weighted by atomic mass is 17.1. The van der Waals surface area contributed by atoms with Gasteiger partial charge in [0.1, 0.15) is 22.7 Å². The van der Waals surface area contributed by atoms with Crippen molar-refractivity contribution in [2.75, 3.05) is 161 Å². The van der Waals surface area contributed by atoms with Gasteiger partial charge in [0.15, 0.2) is 0 Å². The molecule has 1 rings (SSSR count). The van der Waals surface area contributed by atoms with Gasteiger partial charge in [-0.15, -0.1) is 0 Å². The lowest BCUT2D eigenvalue weighted by molar-refractivity contribution is -0.249. The topological polar surface area (TPSA) is 539 Å². The zero-order valence-corrected chi connectivity index (χ0v) is 65.9. The van der Waals surface area contributed by atoms with Gasteiger partial charge < -0.3 is 106 Å². The predicted octanol–water partition coefficient (Wildman–Crippen LogP) is 7.31. The predicted molar refractivity (Wildman–Crippen MR) is 369 cm³/mol. The first kappa shape index (κ1) is 116. The van der Waals surface area contributed by atoms with Crippen LogP contribution in [0.3, 0.4) is 0 Å². The van der Waals surface area contributed by atoms with E-state index >= 15 is 0 Å². The van der Waals surface area contributed by atoms with Gasteiger partial charge in [0, 0.05) is 74.7 Å². The minimum Gasteiger partial charge on any atom is -0.384 e. The molecule has 0 spiro atoms. The standard InChI is InChI=1S/C9H18O5.C8H16O5.3C8H16O4.C7H14O5.C7H14O4.C6H12O5.C5H8O4/c1-4-12-6-9(3,7-13-5-2)8(10)14-11;1-3-11-5-7(6-12-4-2)8(9)13-10;1-6(2)4-11-5-7(3)8(9)12-10;1-4-7(3)11-5-6(2)8(9)12-10;1-3-4-5-11-6-7(2)8(9)12-10;1-7(4-10-2,5-11-3)6(8)12-9;1-5(2)10-4-6(3)7(8)11-9;1-9-3-5(4-10-2)6(7)11-8;6-5(9-7)4-1-2-8-3-4/h11H,4-7H2,1-3H3;7,10H,3-6H2,1-2H3;2*6-7,10H,4-5H2,1-3H3;7,10H,3-6H2,1-2H3;9H,4-5H2,1-3H3;5-6,9H,4H2,1-3H3;5,8H,3-4H2,1-2H3;4,7H,1-3H2. The molecule has 0 amide bonds. The average molecular weight is 1560 g/mol. The summed E-state index contributed by atoms with van der Waals surface area (Å²) in [6.07, 6.45) is 3.84. The number of unbranched alkanes of at least 4 members (excludes halogenated alkanes) is 1. The highest BCUT2D eigenvalue weighted by Crippen LogP contribution is 2.21. The second-order valence-electron chi connectivity index (χ2n) is 24.0. The van der Waals surface area contributed by atoms with Gasteiger partial charge in [-0.3, -0.25) is 0 Å². The minimum atomic E-state index is -0.946. The van der Waals surface area contributed by atoms with Crippen molar-refractivity contribution in [3.63, 3.8) is 0 Å². The molecule has 1 aliphatic heterocycles. The van der Waals surface area contributed by atoms with Crippen molar-refractivity contribution in [3.05, 3.63) is 0 Å². The van der Waals surface area contributed by atoms with Gasteiger partial charge in [-0.05, 0) is 115 Å². The summed E-state index contributed by atoms with van der Waals surface area (Å²) in [6, 6.07) is 0. The van der Waals surface area contributed by atoms with Crippen molar-refractivity contribution in [2.24, 2.45) is 58.2 Å². The van der Waals surface area contributed by atoms with E-state index < -0.39 is 100 Å². The quantitative estimate of drug-likeness (QED) is 0.0125. The largest absolute Gasteiger partial charge is 0.384 e. The molecule has 6 atom stereocenters. The van der Waals surface area contributed by atoms with Crippen molar-refractivity contribution in [1.82, 2.24) is 0 Å². The molecular formula is C66H130O40. The molecule has 40 nitrogen and oxygen atoms in total. The Hall–Kier alpha value is -5.65. The molecule has 0 bridgehead atoms. The Bertz CT molecular complexity index is 2050. The third kappa shape index (κ3) is 70.1. The minimum absolute atomic E-state index is 0.0870. The number of methoxy groups -OCH3 is 4. The molecule has 1 fully saturated rings. The monoisotopic (exact) mass is 1560 g/mol. The van der Waals surface area contributed by atoms with E-state index in [1.54, 1.807) is 41.5 Å². The molecule has 1 aliphatic rings. The van der Waals surface area contributed by atoms with Gasteiger partial charge in [-0.1, -0.05) is 34.1 Å². The maximum Gasteiger partial charge on any atom is 0.352 e. The van der Waals surface area contributed by atoms with Gasteiger partial charge in [0.25, 0.3) is 0 Å². The van der Waals surface area contributed by atoms with Gasteiger partial charge in [0.2, 0.25) is 0 Å². The Morgan fingerprint density at radius 1 is 0.396 bits per heavy atom. The maximum atomic E-state index is 11.2. The van der Waals surface area contributed by atoms with E-state index in [0.29, 0.717) is 71.8 Å². The number of hydrogen-bond donors (Lipinski definition) is 9. The third-order valence-electron chi connectivity index (χ3n) is 13.0. The molecule has 0 radical (unpaired) electrons. The summed E-state index contributed by atoms with van der Waals surface area (Å²) >= 11 is 0. The van der Waals surface area contributed by atoms with Crippen molar-refractivity contribution in [3.8, 4) is 0 Å². The van der Waals surface area contributed by atoms with E-state index in [9.17, 15) is 43.2 Å². The Kier molecular flexibility index (Phi) is 88.1. The molecule has 634 valence electrons. The SMILES string of the molecule is CC(C)COCC(C)C(=O)OO.CC(C)OCC(C)C(=O)OO.CCC(C)OCC(C)C(=O)OO.CCCCOCC(C)C(=O)OO.CCOCC(C)(COCC)C(=O)OO.CCOCC(COCC)C(=O)OO.COCC(C)(COC)C(=O)OO.COCC(COC)C(=O)OO.O=C(OO)C1CCOC1. The third-order valence-corrected chi connectivity index (χ3v) is 13.0. The van der Waals surface area contributed by atoms with Crippen LogP contribution in [0.1, 0.15) is 143 Å². The smallest absolute Gasteiger partial charge is 0.352 e. The summed E-state index contributed by atoms with van der Waals surface area (Å²) in [5.41, 5.74) is -1.89. The number of ether oxygens (including phenoxy) is 13. The first-order valence-corrected chi connectivity index (χ1v) is 34.0. The lowest BCUT2D eigenvalue weighted by Gasteiger charge is -2.24. The average Bonchev–Trinajstić information content (AvgIpc) is 1.28. The van der Waals surface area contributed by atoms with Crippen LogP contribution < -0.4 is 0 Å². The summed E-state index contributed by atoms with van der Waals surface area (Å²) in [7, 11) is 5.82. The first-order chi connectivity index (χ1) is 50.0. The van der Waals surface area contributed by atoms with Crippen LogP contribution in [0, 0.1) is 58.2 Å². The molecule has 106 heavy (non-hydrogen) atoms. The van der Waals surface area contributed by atoms with Crippen LogP contribution in [0.2, 0.25) is 0 Å². The van der Waals surface area contributed by atoms with Crippen LogP contribution in [0.25, 0.3) is 0 Å². The zero-order valence-electron chi connectivity index (χ0n) is 65.9. The molecular weight excluding hydrogens is 1430 g/mol. The number of rotatable bonds is 45. The van der Waals surface area contributed by atoms with E-state index in [1.807, 2.05) is 69.2 Å². The van der Waals surface area contributed by atoms with Crippen LogP contribution in [-0.4, -0.2) is 274 Å². The van der Waals surface area contributed by atoms with Crippen LogP contribution in [-0.2, 0) is 149 Å². The molecule has 0 aromatic heterocycles. The normalized spacial score (nSPS) is 13.4. The summed E-state index contributed by atoms with van der Waals surface area (Å²) < 4.78 is 64.8. The van der Waals surface area contributed by atoms with Crippen molar-refractivity contribution in [2.45, 2.75) is 156 Å². The summed E-state index contributed by atoms with van der Waals surface area (Å²) in [5, 5.41) is 72.5. The van der Waals surface area contributed by atoms with Crippen molar-refractivity contribution >= 4 is 53.7 Å².